The van der Waals surface area contributed by atoms with Crippen molar-refractivity contribution in [1.29, 1.82) is 0 Å². The van der Waals surface area contributed by atoms with E-state index >= 15 is 0 Å². The zero-order valence-corrected chi connectivity index (χ0v) is 17.3. The molecule has 136 valence electrons. The number of thiophene rings is 1. The molecule has 0 saturated heterocycles. The lowest BCUT2D eigenvalue weighted by Crippen LogP contribution is -2.14. The van der Waals surface area contributed by atoms with E-state index in [2.05, 4.69) is 64.1 Å². The third kappa shape index (κ3) is 2.39. The molecule has 27 heavy (non-hydrogen) atoms. The van der Waals surface area contributed by atoms with Crippen molar-refractivity contribution in [2.75, 3.05) is 0 Å². The second kappa shape index (κ2) is 6.17. The van der Waals surface area contributed by atoms with Crippen molar-refractivity contribution in [3.05, 3.63) is 64.8 Å². The van der Waals surface area contributed by atoms with Gasteiger partial charge in [-0.3, -0.25) is 4.98 Å². The molecule has 4 aromatic rings. The van der Waals surface area contributed by atoms with Gasteiger partial charge in [-0.2, -0.15) is 0 Å². The van der Waals surface area contributed by atoms with Crippen molar-refractivity contribution in [1.82, 2.24) is 4.98 Å². The SMILES string of the molecule is Cc1c2c(c(C)c3c1sc1c(-c4ccccc4)nccc13)C(C)CCC2C. The zero-order valence-electron chi connectivity index (χ0n) is 16.5. The molecule has 1 nitrogen and oxygen atoms in total. The number of aryl methyl sites for hydroxylation is 2. The molecule has 1 aliphatic rings. The van der Waals surface area contributed by atoms with E-state index in [1.807, 2.05) is 17.5 Å². The topological polar surface area (TPSA) is 12.9 Å². The van der Waals surface area contributed by atoms with E-state index in [0.717, 1.165) is 5.69 Å². The van der Waals surface area contributed by atoms with Crippen LogP contribution in [0.4, 0.5) is 0 Å². The van der Waals surface area contributed by atoms with Crippen LogP contribution in [0.2, 0.25) is 0 Å². The lowest BCUT2D eigenvalue weighted by molar-refractivity contribution is 0.524. The first-order valence-corrected chi connectivity index (χ1v) is 10.8. The van der Waals surface area contributed by atoms with Crippen molar-refractivity contribution in [3.8, 4) is 11.3 Å². The van der Waals surface area contributed by atoms with E-state index in [1.165, 1.54) is 49.7 Å². The molecular formula is C25H25NS. The highest BCUT2D eigenvalue weighted by Crippen LogP contribution is 2.49. The molecule has 2 heterocycles. The largest absolute Gasteiger partial charge is 0.255 e. The number of aromatic nitrogens is 1. The number of pyridine rings is 1. The van der Waals surface area contributed by atoms with E-state index in [0.29, 0.717) is 11.8 Å². The fourth-order valence-electron chi connectivity index (χ4n) is 5.18. The van der Waals surface area contributed by atoms with Crippen molar-refractivity contribution < 1.29 is 0 Å². The summed E-state index contributed by atoms with van der Waals surface area (Å²) in [5.74, 6) is 1.32. The summed E-state index contributed by atoms with van der Waals surface area (Å²) in [5.41, 5.74) is 8.57. The number of nitrogens with zero attached hydrogens (tertiary/aromatic N) is 1. The van der Waals surface area contributed by atoms with Gasteiger partial charge in [-0.15, -0.1) is 11.3 Å². The highest BCUT2D eigenvalue weighted by Gasteiger charge is 2.28. The molecule has 2 aromatic heterocycles. The lowest BCUT2D eigenvalue weighted by Gasteiger charge is -2.31. The summed E-state index contributed by atoms with van der Waals surface area (Å²) in [6, 6.07) is 12.8. The molecule has 5 rings (SSSR count). The van der Waals surface area contributed by atoms with Crippen LogP contribution >= 0.6 is 11.3 Å². The summed E-state index contributed by atoms with van der Waals surface area (Å²) < 4.78 is 2.79. The van der Waals surface area contributed by atoms with Gasteiger partial charge in [0.15, 0.2) is 0 Å². The molecule has 0 fully saturated rings. The second-order valence-corrected chi connectivity index (χ2v) is 9.19. The first-order chi connectivity index (χ1) is 13.1. The van der Waals surface area contributed by atoms with Crippen LogP contribution in [-0.4, -0.2) is 4.98 Å². The van der Waals surface area contributed by atoms with E-state index in [-0.39, 0.29) is 0 Å². The van der Waals surface area contributed by atoms with Crippen molar-refractivity contribution >= 4 is 31.5 Å². The number of fused-ring (bicyclic) bond motifs is 4. The van der Waals surface area contributed by atoms with Crippen LogP contribution in [0.25, 0.3) is 31.4 Å². The summed E-state index contributed by atoms with van der Waals surface area (Å²) in [6.07, 6.45) is 4.59. The Kier molecular flexibility index (Phi) is 3.87. The summed E-state index contributed by atoms with van der Waals surface area (Å²) in [6.45, 7) is 9.52. The molecule has 2 atom stereocenters. The van der Waals surface area contributed by atoms with E-state index in [9.17, 15) is 0 Å². The molecule has 0 amide bonds. The van der Waals surface area contributed by atoms with Gasteiger partial charge < -0.3 is 0 Å². The molecule has 2 heteroatoms. The van der Waals surface area contributed by atoms with Gasteiger partial charge in [-0.1, -0.05) is 44.2 Å². The highest BCUT2D eigenvalue weighted by molar-refractivity contribution is 7.26. The van der Waals surface area contributed by atoms with Gasteiger partial charge >= 0.3 is 0 Å². The van der Waals surface area contributed by atoms with Crippen LogP contribution in [0, 0.1) is 13.8 Å². The Hall–Kier alpha value is -2.19. The van der Waals surface area contributed by atoms with Crippen molar-refractivity contribution in [2.24, 2.45) is 0 Å². The van der Waals surface area contributed by atoms with Crippen LogP contribution in [0.5, 0.6) is 0 Å². The maximum atomic E-state index is 4.77. The van der Waals surface area contributed by atoms with Gasteiger partial charge in [0.1, 0.15) is 0 Å². The van der Waals surface area contributed by atoms with Crippen LogP contribution in [0.3, 0.4) is 0 Å². The molecule has 2 unspecified atom stereocenters. The minimum Gasteiger partial charge on any atom is -0.255 e. The number of benzene rings is 2. The minimum absolute atomic E-state index is 0.657. The fraction of sp³-hybridized carbons (Fsp3) is 0.320. The Morgan fingerprint density at radius 3 is 2.22 bits per heavy atom. The molecule has 0 aliphatic heterocycles. The Morgan fingerprint density at radius 1 is 0.852 bits per heavy atom. The van der Waals surface area contributed by atoms with Crippen molar-refractivity contribution in [2.45, 2.75) is 52.4 Å². The fourth-order valence-corrected chi connectivity index (χ4v) is 6.56. The van der Waals surface area contributed by atoms with E-state index < -0.39 is 0 Å². The minimum atomic E-state index is 0.657. The first-order valence-electron chi connectivity index (χ1n) is 9.97. The molecule has 0 radical (unpaired) electrons. The maximum absolute atomic E-state index is 4.77. The van der Waals surface area contributed by atoms with E-state index in [4.69, 9.17) is 4.98 Å². The van der Waals surface area contributed by atoms with Gasteiger partial charge in [0.05, 0.1) is 10.4 Å². The molecule has 1 aliphatic carbocycles. The molecule has 0 saturated carbocycles. The van der Waals surface area contributed by atoms with Crippen LogP contribution in [0.15, 0.2) is 42.6 Å². The summed E-state index contributed by atoms with van der Waals surface area (Å²) in [7, 11) is 0. The molecular weight excluding hydrogens is 346 g/mol. The standard InChI is InChI=1S/C25H25NS/c1-14-10-11-15(2)21-17(4)24-22(16(3)20(14)21)19-12-13-26-23(25(19)27-24)18-8-6-5-7-9-18/h5-9,12-15H,10-11H2,1-4H3. The normalized spacial score (nSPS) is 19.6. The van der Waals surface area contributed by atoms with E-state index in [1.54, 1.807) is 11.1 Å². The van der Waals surface area contributed by atoms with Gasteiger partial charge in [0.25, 0.3) is 0 Å². The number of hydrogen-bond donors (Lipinski definition) is 0. The third-order valence-corrected chi connectivity index (χ3v) is 7.82. The Bertz CT molecular complexity index is 1170. The summed E-state index contributed by atoms with van der Waals surface area (Å²) in [5, 5.41) is 2.84. The quantitative estimate of drug-likeness (QED) is 0.333. The predicted octanol–water partition coefficient (Wildman–Crippen LogP) is 7.73. The molecule has 0 bridgehead atoms. The average molecular weight is 372 g/mol. The summed E-state index contributed by atoms with van der Waals surface area (Å²) >= 11 is 1.94. The Balaban J connectivity index is 1.92. The lowest BCUT2D eigenvalue weighted by atomic mass is 9.73. The van der Waals surface area contributed by atoms with Gasteiger partial charge in [0, 0.05) is 27.2 Å². The maximum Gasteiger partial charge on any atom is 0.0880 e. The molecule has 0 spiro atoms. The second-order valence-electron chi connectivity index (χ2n) is 8.17. The Morgan fingerprint density at radius 2 is 1.52 bits per heavy atom. The smallest absolute Gasteiger partial charge is 0.0880 e. The first kappa shape index (κ1) is 16.9. The predicted molar refractivity (Wildman–Crippen MR) is 118 cm³/mol. The monoisotopic (exact) mass is 371 g/mol. The van der Waals surface area contributed by atoms with Crippen LogP contribution in [-0.2, 0) is 0 Å². The summed E-state index contributed by atoms with van der Waals surface area (Å²) in [4.78, 5) is 4.77. The zero-order chi connectivity index (χ0) is 18.7. The van der Waals surface area contributed by atoms with Crippen LogP contribution in [0.1, 0.15) is 60.8 Å². The highest BCUT2D eigenvalue weighted by atomic mass is 32.1. The Labute approximate surface area is 165 Å². The number of hydrogen-bond acceptors (Lipinski definition) is 2. The molecule has 2 aromatic carbocycles. The number of rotatable bonds is 1. The van der Waals surface area contributed by atoms with Gasteiger partial charge in [-0.25, -0.2) is 0 Å². The average Bonchev–Trinajstić information content (AvgIpc) is 3.09. The van der Waals surface area contributed by atoms with Crippen LogP contribution < -0.4 is 0 Å². The molecule has 0 N–H and O–H groups in total. The van der Waals surface area contributed by atoms with Crippen molar-refractivity contribution in [3.63, 3.8) is 0 Å². The van der Waals surface area contributed by atoms with Gasteiger partial charge in [-0.05, 0) is 66.8 Å². The van der Waals surface area contributed by atoms with Gasteiger partial charge in [0.2, 0.25) is 0 Å². The third-order valence-electron chi connectivity index (χ3n) is 6.48.